The number of carbonyl (C=O) groups is 2. The molecular formula is C14H27N3O3. The van der Waals surface area contributed by atoms with Gasteiger partial charge in [-0.1, -0.05) is 0 Å². The zero-order valence-electron chi connectivity index (χ0n) is 13.2. The molecule has 0 radical (unpaired) electrons. The first-order valence-electron chi connectivity index (χ1n) is 7.07. The highest BCUT2D eigenvalue weighted by atomic mass is 16.4. The third kappa shape index (κ3) is 3.85. The predicted octanol–water partition coefficient (Wildman–Crippen LogP) is 1.17. The van der Waals surface area contributed by atoms with Crippen molar-refractivity contribution in [1.82, 2.24) is 14.7 Å². The molecule has 0 aromatic heterocycles. The van der Waals surface area contributed by atoms with E-state index < -0.39 is 11.5 Å². The lowest BCUT2D eigenvalue weighted by Crippen LogP contribution is -2.55. The van der Waals surface area contributed by atoms with E-state index in [4.69, 9.17) is 0 Å². The summed E-state index contributed by atoms with van der Waals surface area (Å²) in [6, 6.07) is -0.240. The van der Waals surface area contributed by atoms with E-state index in [1.807, 2.05) is 0 Å². The van der Waals surface area contributed by atoms with E-state index in [1.54, 1.807) is 19.0 Å². The molecule has 0 bridgehead atoms. The lowest BCUT2D eigenvalue weighted by Gasteiger charge is -2.37. The molecule has 0 aromatic rings. The standard InChI is InChI=1S/C14H27N3O3/c1-14(2,12(18)19)17(5)13(20)16(4)10-11-6-8-15(3)9-7-11/h11H,6-10H2,1-5H3,(H,18,19). The molecule has 0 unspecified atom stereocenters. The average Bonchev–Trinajstić information content (AvgIpc) is 2.39. The number of hydrogen-bond donors (Lipinski definition) is 1. The monoisotopic (exact) mass is 285 g/mol. The van der Waals surface area contributed by atoms with Crippen molar-refractivity contribution in [3.05, 3.63) is 0 Å². The molecule has 6 heteroatoms. The first-order chi connectivity index (χ1) is 9.16. The van der Waals surface area contributed by atoms with Crippen molar-refractivity contribution in [2.24, 2.45) is 5.92 Å². The van der Waals surface area contributed by atoms with E-state index >= 15 is 0 Å². The molecule has 116 valence electrons. The van der Waals surface area contributed by atoms with Gasteiger partial charge >= 0.3 is 12.0 Å². The first kappa shape index (κ1) is 16.8. The molecule has 0 saturated carbocycles. The summed E-state index contributed by atoms with van der Waals surface area (Å²) in [5.41, 5.74) is -1.20. The smallest absolute Gasteiger partial charge is 0.329 e. The maximum absolute atomic E-state index is 12.3. The van der Waals surface area contributed by atoms with Gasteiger partial charge in [0, 0.05) is 20.6 Å². The van der Waals surface area contributed by atoms with Crippen molar-refractivity contribution < 1.29 is 14.7 Å². The normalized spacial score (nSPS) is 17.9. The van der Waals surface area contributed by atoms with E-state index in [0.29, 0.717) is 12.5 Å². The quantitative estimate of drug-likeness (QED) is 0.842. The Labute approximate surface area is 121 Å². The largest absolute Gasteiger partial charge is 0.480 e. The molecule has 0 spiro atoms. The minimum absolute atomic E-state index is 0.240. The summed E-state index contributed by atoms with van der Waals surface area (Å²) in [5, 5.41) is 9.17. The molecule has 1 rings (SSSR count). The van der Waals surface area contributed by atoms with E-state index in [-0.39, 0.29) is 6.03 Å². The van der Waals surface area contributed by atoms with Crippen molar-refractivity contribution in [2.75, 3.05) is 40.8 Å². The molecule has 1 fully saturated rings. The van der Waals surface area contributed by atoms with Crippen LogP contribution in [0, 0.1) is 5.92 Å². The van der Waals surface area contributed by atoms with Gasteiger partial charge in [0.1, 0.15) is 5.54 Å². The van der Waals surface area contributed by atoms with Gasteiger partial charge in [-0.05, 0) is 52.7 Å². The SMILES string of the molecule is CN1CCC(CN(C)C(=O)N(C)C(C)(C)C(=O)O)CC1. The number of amides is 2. The molecule has 1 saturated heterocycles. The van der Waals surface area contributed by atoms with Crippen LogP contribution < -0.4 is 0 Å². The van der Waals surface area contributed by atoms with Crippen molar-refractivity contribution in [2.45, 2.75) is 32.2 Å². The highest BCUT2D eigenvalue weighted by molar-refractivity contribution is 5.85. The second kappa shape index (κ2) is 6.43. The molecule has 0 atom stereocenters. The van der Waals surface area contributed by atoms with Gasteiger partial charge in [0.15, 0.2) is 0 Å². The molecule has 20 heavy (non-hydrogen) atoms. The van der Waals surface area contributed by atoms with Gasteiger partial charge in [-0.3, -0.25) is 0 Å². The number of nitrogens with zero attached hydrogens (tertiary/aromatic N) is 3. The lowest BCUT2D eigenvalue weighted by atomic mass is 9.96. The third-order valence-electron chi connectivity index (χ3n) is 4.35. The molecular weight excluding hydrogens is 258 g/mol. The molecule has 1 heterocycles. The van der Waals surface area contributed by atoms with Gasteiger partial charge in [0.25, 0.3) is 0 Å². The number of carbonyl (C=O) groups excluding carboxylic acids is 1. The van der Waals surface area contributed by atoms with Crippen molar-refractivity contribution >= 4 is 12.0 Å². The zero-order chi connectivity index (χ0) is 15.5. The van der Waals surface area contributed by atoms with Crippen LogP contribution in [0.25, 0.3) is 0 Å². The highest BCUT2D eigenvalue weighted by Gasteiger charge is 2.36. The maximum Gasteiger partial charge on any atom is 0.329 e. The van der Waals surface area contributed by atoms with Gasteiger partial charge in [0.2, 0.25) is 0 Å². The van der Waals surface area contributed by atoms with Gasteiger partial charge in [-0.15, -0.1) is 0 Å². The molecule has 0 aliphatic carbocycles. The van der Waals surface area contributed by atoms with Gasteiger partial charge in [-0.25, -0.2) is 9.59 Å². The van der Waals surface area contributed by atoms with Crippen LogP contribution in [-0.2, 0) is 4.79 Å². The minimum Gasteiger partial charge on any atom is -0.480 e. The Kier molecular flexibility index (Phi) is 5.39. The molecule has 0 aromatic carbocycles. The number of likely N-dealkylation sites (tertiary alicyclic amines) is 1. The van der Waals surface area contributed by atoms with Gasteiger partial charge in [-0.2, -0.15) is 0 Å². The fraction of sp³-hybridized carbons (Fsp3) is 0.857. The number of likely N-dealkylation sites (N-methyl/N-ethyl adjacent to an activating group) is 1. The van der Waals surface area contributed by atoms with Crippen LogP contribution in [0.5, 0.6) is 0 Å². The van der Waals surface area contributed by atoms with Crippen LogP contribution in [-0.4, -0.2) is 78.1 Å². The van der Waals surface area contributed by atoms with E-state index in [2.05, 4.69) is 11.9 Å². The number of urea groups is 1. The first-order valence-corrected chi connectivity index (χ1v) is 7.07. The number of piperidine rings is 1. The van der Waals surface area contributed by atoms with Crippen LogP contribution in [0.2, 0.25) is 0 Å². The third-order valence-corrected chi connectivity index (χ3v) is 4.35. The minimum atomic E-state index is -1.20. The fourth-order valence-corrected chi connectivity index (χ4v) is 2.35. The number of carboxylic acids is 1. The number of hydrogen-bond acceptors (Lipinski definition) is 3. The van der Waals surface area contributed by atoms with Gasteiger partial charge in [0.05, 0.1) is 0 Å². The Morgan fingerprint density at radius 3 is 2.20 bits per heavy atom. The van der Waals surface area contributed by atoms with E-state index in [1.165, 1.54) is 18.7 Å². The number of carboxylic acid groups (broad SMARTS) is 1. The molecule has 1 aliphatic rings. The second-order valence-corrected chi connectivity index (χ2v) is 6.33. The summed E-state index contributed by atoms with van der Waals surface area (Å²) in [4.78, 5) is 28.7. The molecule has 1 aliphatic heterocycles. The van der Waals surface area contributed by atoms with Crippen LogP contribution in [0.3, 0.4) is 0 Å². The highest BCUT2D eigenvalue weighted by Crippen LogP contribution is 2.19. The Hall–Kier alpha value is -1.30. The van der Waals surface area contributed by atoms with Crippen LogP contribution in [0.15, 0.2) is 0 Å². The summed E-state index contributed by atoms with van der Waals surface area (Å²) < 4.78 is 0. The summed E-state index contributed by atoms with van der Waals surface area (Å²) in [6.07, 6.45) is 2.17. The van der Waals surface area contributed by atoms with Crippen LogP contribution in [0.1, 0.15) is 26.7 Å². The summed E-state index contributed by atoms with van der Waals surface area (Å²) in [7, 11) is 5.39. The van der Waals surface area contributed by atoms with Crippen LogP contribution in [0.4, 0.5) is 4.79 Å². The van der Waals surface area contributed by atoms with E-state index in [0.717, 1.165) is 25.9 Å². The van der Waals surface area contributed by atoms with Crippen molar-refractivity contribution in [3.8, 4) is 0 Å². The topological polar surface area (TPSA) is 64.1 Å². The summed E-state index contributed by atoms with van der Waals surface area (Å²) >= 11 is 0. The fourth-order valence-electron chi connectivity index (χ4n) is 2.35. The summed E-state index contributed by atoms with van der Waals surface area (Å²) in [5.74, 6) is -0.498. The van der Waals surface area contributed by atoms with Gasteiger partial charge < -0.3 is 19.8 Å². The van der Waals surface area contributed by atoms with Crippen LogP contribution >= 0.6 is 0 Å². The Bertz CT molecular complexity index is 363. The summed E-state index contributed by atoms with van der Waals surface area (Å²) in [6.45, 7) is 5.88. The average molecular weight is 285 g/mol. The Morgan fingerprint density at radius 1 is 1.25 bits per heavy atom. The Morgan fingerprint density at radius 2 is 1.75 bits per heavy atom. The zero-order valence-corrected chi connectivity index (χ0v) is 13.2. The number of rotatable bonds is 4. The number of aliphatic carboxylic acids is 1. The maximum atomic E-state index is 12.3. The molecule has 1 N–H and O–H groups in total. The molecule has 6 nitrogen and oxygen atoms in total. The predicted molar refractivity (Wildman–Crippen MR) is 77.7 cm³/mol. The lowest BCUT2D eigenvalue weighted by molar-refractivity contribution is -0.147. The van der Waals surface area contributed by atoms with Crippen molar-refractivity contribution in [3.63, 3.8) is 0 Å². The Balaban J connectivity index is 2.56. The van der Waals surface area contributed by atoms with E-state index in [9.17, 15) is 14.7 Å². The second-order valence-electron chi connectivity index (χ2n) is 6.33. The molecule has 2 amide bonds. The van der Waals surface area contributed by atoms with Crippen molar-refractivity contribution in [1.29, 1.82) is 0 Å².